The Hall–Kier alpha value is -0.620. The molecule has 2 rings (SSSR count). The number of hydrogen-bond donors (Lipinski definition) is 1. The van der Waals surface area contributed by atoms with Crippen molar-refractivity contribution in [2.24, 2.45) is 0 Å². The molecule has 3 unspecified atom stereocenters. The highest BCUT2D eigenvalue weighted by Crippen LogP contribution is 2.30. The SMILES string of the molecule is CN(CC(O)c1cccc(Cl)c1)C1CCCC1S(C)(=O)=O. The van der Waals surface area contributed by atoms with Crippen LogP contribution in [0, 0.1) is 0 Å². The van der Waals surface area contributed by atoms with Gasteiger partial charge in [-0.3, -0.25) is 4.90 Å². The summed E-state index contributed by atoms with van der Waals surface area (Å²) >= 11 is 5.93. The quantitative estimate of drug-likeness (QED) is 0.899. The van der Waals surface area contributed by atoms with Crippen LogP contribution in [0.15, 0.2) is 24.3 Å². The maximum Gasteiger partial charge on any atom is 0.151 e. The number of benzene rings is 1. The molecule has 3 atom stereocenters. The number of likely N-dealkylation sites (N-methyl/N-ethyl adjacent to an activating group) is 1. The highest BCUT2D eigenvalue weighted by Gasteiger charge is 2.37. The van der Waals surface area contributed by atoms with E-state index in [0.717, 1.165) is 18.4 Å². The van der Waals surface area contributed by atoms with Crippen LogP contribution >= 0.6 is 11.6 Å². The van der Waals surface area contributed by atoms with Crippen LogP contribution in [0.2, 0.25) is 5.02 Å². The first kappa shape index (κ1) is 16.7. The van der Waals surface area contributed by atoms with Crippen molar-refractivity contribution in [1.29, 1.82) is 0 Å². The Kier molecular flexibility index (Phi) is 5.30. The van der Waals surface area contributed by atoms with Crippen molar-refractivity contribution >= 4 is 21.4 Å². The summed E-state index contributed by atoms with van der Waals surface area (Å²) in [5, 5.41) is 10.6. The third-order valence-electron chi connectivity index (χ3n) is 4.23. The van der Waals surface area contributed by atoms with Crippen LogP contribution in [0.3, 0.4) is 0 Å². The van der Waals surface area contributed by atoms with E-state index in [0.29, 0.717) is 18.0 Å². The largest absolute Gasteiger partial charge is 0.387 e. The van der Waals surface area contributed by atoms with E-state index in [2.05, 4.69) is 0 Å². The number of sulfone groups is 1. The lowest BCUT2D eigenvalue weighted by Crippen LogP contribution is -2.43. The van der Waals surface area contributed by atoms with E-state index in [9.17, 15) is 13.5 Å². The van der Waals surface area contributed by atoms with Gasteiger partial charge in [-0.1, -0.05) is 30.2 Å². The van der Waals surface area contributed by atoms with Gasteiger partial charge in [-0.25, -0.2) is 8.42 Å². The molecule has 118 valence electrons. The maximum atomic E-state index is 11.8. The molecule has 4 nitrogen and oxygen atoms in total. The minimum atomic E-state index is -3.05. The molecule has 0 bridgehead atoms. The lowest BCUT2D eigenvalue weighted by Gasteiger charge is -2.30. The van der Waals surface area contributed by atoms with Gasteiger partial charge in [-0.15, -0.1) is 0 Å². The molecule has 1 fully saturated rings. The minimum absolute atomic E-state index is 0.0196. The summed E-state index contributed by atoms with van der Waals surface area (Å²) < 4.78 is 23.7. The van der Waals surface area contributed by atoms with Gasteiger partial charge in [0, 0.05) is 23.9 Å². The van der Waals surface area contributed by atoms with Crippen LogP contribution in [0.25, 0.3) is 0 Å². The molecule has 1 N–H and O–H groups in total. The zero-order valence-corrected chi connectivity index (χ0v) is 13.9. The number of rotatable bonds is 5. The molecule has 0 saturated heterocycles. The van der Waals surface area contributed by atoms with Gasteiger partial charge in [0.05, 0.1) is 11.4 Å². The predicted octanol–water partition coefficient (Wildman–Crippen LogP) is 2.27. The number of aliphatic hydroxyl groups excluding tert-OH is 1. The molecule has 0 heterocycles. The summed E-state index contributed by atoms with van der Waals surface area (Å²) in [6, 6.07) is 7.11. The van der Waals surface area contributed by atoms with Crippen LogP contribution in [0.4, 0.5) is 0 Å². The third kappa shape index (κ3) is 4.19. The first-order chi connectivity index (χ1) is 9.79. The highest BCUT2D eigenvalue weighted by molar-refractivity contribution is 7.91. The van der Waals surface area contributed by atoms with Crippen molar-refractivity contribution in [3.05, 3.63) is 34.9 Å². The van der Waals surface area contributed by atoms with Crippen molar-refractivity contribution in [1.82, 2.24) is 4.90 Å². The summed E-state index contributed by atoms with van der Waals surface area (Å²) in [7, 11) is -1.17. The fraction of sp³-hybridized carbons (Fsp3) is 0.600. The van der Waals surface area contributed by atoms with Crippen molar-refractivity contribution in [2.75, 3.05) is 19.8 Å². The van der Waals surface area contributed by atoms with Crippen molar-refractivity contribution < 1.29 is 13.5 Å². The number of aliphatic hydroxyl groups is 1. The number of halogens is 1. The van der Waals surface area contributed by atoms with Gasteiger partial charge >= 0.3 is 0 Å². The molecule has 0 spiro atoms. The van der Waals surface area contributed by atoms with Crippen molar-refractivity contribution in [2.45, 2.75) is 36.7 Å². The van der Waals surface area contributed by atoms with E-state index in [-0.39, 0.29) is 11.3 Å². The summed E-state index contributed by atoms with van der Waals surface area (Å²) in [5.41, 5.74) is 0.753. The van der Waals surface area contributed by atoms with E-state index < -0.39 is 15.9 Å². The Balaban J connectivity index is 2.05. The molecule has 0 aromatic heterocycles. The topological polar surface area (TPSA) is 57.6 Å². The molecule has 1 aromatic carbocycles. The lowest BCUT2D eigenvalue weighted by atomic mass is 10.1. The fourth-order valence-electron chi connectivity index (χ4n) is 3.14. The van der Waals surface area contributed by atoms with Gasteiger partial charge in [0.1, 0.15) is 0 Å². The molecular formula is C15H22ClNO3S. The van der Waals surface area contributed by atoms with Crippen LogP contribution in [0.5, 0.6) is 0 Å². The van der Waals surface area contributed by atoms with E-state index in [1.807, 2.05) is 18.0 Å². The second kappa shape index (κ2) is 6.65. The van der Waals surface area contributed by atoms with Gasteiger partial charge in [0.15, 0.2) is 9.84 Å². The standard InChI is InChI=1S/C15H22ClNO3S/c1-17(13-7-4-8-15(13)21(2,19)20)10-14(18)11-5-3-6-12(16)9-11/h3,5-6,9,13-15,18H,4,7-8,10H2,1-2H3. The van der Waals surface area contributed by atoms with Crippen molar-refractivity contribution in [3.63, 3.8) is 0 Å². The highest BCUT2D eigenvalue weighted by atomic mass is 35.5. The van der Waals surface area contributed by atoms with E-state index in [4.69, 9.17) is 11.6 Å². The molecule has 1 aliphatic rings. The Bertz CT molecular complexity index is 590. The van der Waals surface area contributed by atoms with E-state index >= 15 is 0 Å². The average Bonchev–Trinajstić information content (AvgIpc) is 2.87. The number of hydrogen-bond acceptors (Lipinski definition) is 4. The van der Waals surface area contributed by atoms with E-state index in [1.165, 1.54) is 6.26 Å². The molecule has 1 saturated carbocycles. The maximum absolute atomic E-state index is 11.8. The fourth-order valence-corrected chi connectivity index (χ4v) is 4.85. The Labute approximate surface area is 131 Å². The summed E-state index contributed by atoms with van der Waals surface area (Å²) in [4.78, 5) is 1.96. The predicted molar refractivity (Wildman–Crippen MR) is 85.3 cm³/mol. The molecular weight excluding hydrogens is 310 g/mol. The van der Waals surface area contributed by atoms with Gasteiger partial charge in [0.25, 0.3) is 0 Å². The summed E-state index contributed by atoms with van der Waals surface area (Å²) in [6.07, 6.45) is 3.11. The van der Waals surface area contributed by atoms with Crippen LogP contribution in [-0.2, 0) is 9.84 Å². The third-order valence-corrected chi connectivity index (χ3v) is 6.11. The molecule has 6 heteroatoms. The Morgan fingerprint density at radius 3 is 2.76 bits per heavy atom. The second-order valence-corrected chi connectivity index (χ2v) is 8.58. The zero-order valence-electron chi connectivity index (χ0n) is 12.4. The van der Waals surface area contributed by atoms with Crippen LogP contribution in [0.1, 0.15) is 30.9 Å². The normalized spacial score (nSPS) is 24.4. The van der Waals surface area contributed by atoms with Gasteiger partial charge in [-0.2, -0.15) is 0 Å². The first-order valence-electron chi connectivity index (χ1n) is 7.11. The minimum Gasteiger partial charge on any atom is -0.387 e. The number of nitrogens with zero attached hydrogens (tertiary/aromatic N) is 1. The molecule has 1 aliphatic carbocycles. The molecule has 0 radical (unpaired) electrons. The smallest absolute Gasteiger partial charge is 0.151 e. The monoisotopic (exact) mass is 331 g/mol. The summed E-state index contributed by atoms with van der Waals surface area (Å²) in [6.45, 7) is 0.400. The molecule has 1 aromatic rings. The van der Waals surface area contributed by atoms with Crippen LogP contribution in [-0.4, -0.2) is 49.6 Å². The van der Waals surface area contributed by atoms with Crippen molar-refractivity contribution in [3.8, 4) is 0 Å². The summed E-state index contributed by atoms with van der Waals surface area (Å²) in [5.74, 6) is 0. The van der Waals surface area contributed by atoms with Crippen LogP contribution < -0.4 is 0 Å². The average molecular weight is 332 g/mol. The van der Waals surface area contributed by atoms with Gasteiger partial charge in [-0.05, 0) is 37.6 Å². The molecule has 0 aliphatic heterocycles. The molecule has 0 amide bonds. The van der Waals surface area contributed by atoms with Gasteiger partial charge < -0.3 is 5.11 Å². The second-order valence-electron chi connectivity index (χ2n) is 5.88. The lowest BCUT2D eigenvalue weighted by molar-refractivity contribution is 0.106. The van der Waals surface area contributed by atoms with E-state index in [1.54, 1.807) is 18.2 Å². The Morgan fingerprint density at radius 2 is 2.14 bits per heavy atom. The first-order valence-corrected chi connectivity index (χ1v) is 9.45. The zero-order chi connectivity index (χ0) is 15.6. The Morgan fingerprint density at radius 1 is 1.43 bits per heavy atom. The molecule has 21 heavy (non-hydrogen) atoms. The van der Waals surface area contributed by atoms with Gasteiger partial charge in [0.2, 0.25) is 0 Å².